The molecule has 2 amide bonds. The largest absolute Gasteiger partial charge is 0.332 e. The fourth-order valence-corrected chi connectivity index (χ4v) is 2.74. The molecule has 1 saturated heterocycles. The van der Waals surface area contributed by atoms with Crippen LogP contribution in [0.5, 0.6) is 0 Å². The zero-order chi connectivity index (χ0) is 15.4. The van der Waals surface area contributed by atoms with Crippen LogP contribution < -0.4 is 10.6 Å². The van der Waals surface area contributed by atoms with Gasteiger partial charge in [-0.05, 0) is 25.0 Å². The van der Waals surface area contributed by atoms with Crippen molar-refractivity contribution in [2.45, 2.75) is 38.3 Å². The lowest BCUT2D eigenvalue weighted by atomic mass is 10.1. The van der Waals surface area contributed by atoms with Gasteiger partial charge < -0.3 is 15.5 Å². The Hall–Kier alpha value is -1.88. The molecule has 2 atom stereocenters. The number of nitrogens with zero attached hydrogens (tertiary/aromatic N) is 2. The summed E-state index contributed by atoms with van der Waals surface area (Å²) in [5, 5.41) is 0. The minimum atomic E-state index is -0.515. The first-order chi connectivity index (χ1) is 10.1. The van der Waals surface area contributed by atoms with Gasteiger partial charge in [0.1, 0.15) is 6.04 Å². The second kappa shape index (κ2) is 6.72. The molecule has 1 aromatic rings. The summed E-state index contributed by atoms with van der Waals surface area (Å²) in [6.07, 6.45) is 2.15. The molecule has 2 N–H and O–H groups in total. The third-order valence-corrected chi connectivity index (χ3v) is 3.98. The maximum absolute atomic E-state index is 12.5. The van der Waals surface area contributed by atoms with Crippen LogP contribution in [0.2, 0.25) is 0 Å². The smallest absolute Gasteiger partial charge is 0.249 e. The summed E-state index contributed by atoms with van der Waals surface area (Å²) in [7, 11) is 1.68. The van der Waals surface area contributed by atoms with Gasteiger partial charge in [-0.15, -0.1) is 0 Å². The van der Waals surface area contributed by atoms with E-state index in [1.165, 1.54) is 4.90 Å². The summed E-state index contributed by atoms with van der Waals surface area (Å²) in [4.78, 5) is 28.0. The molecule has 0 aromatic heterocycles. The van der Waals surface area contributed by atoms with Crippen molar-refractivity contribution in [2.75, 3.05) is 18.5 Å². The lowest BCUT2D eigenvalue weighted by Crippen LogP contribution is -2.49. The molecule has 0 radical (unpaired) electrons. The first-order valence-corrected chi connectivity index (χ1v) is 7.45. The zero-order valence-electron chi connectivity index (χ0n) is 12.7. The number of amides is 2. The molecule has 114 valence electrons. The van der Waals surface area contributed by atoms with Crippen LogP contribution in [0.15, 0.2) is 30.3 Å². The molecule has 1 aromatic carbocycles. The minimum Gasteiger partial charge on any atom is -0.332 e. The molecule has 2 unspecified atom stereocenters. The van der Waals surface area contributed by atoms with E-state index in [-0.39, 0.29) is 11.8 Å². The number of para-hydroxylation sites is 1. The number of hydrogen-bond acceptors (Lipinski definition) is 3. The van der Waals surface area contributed by atoms with Gasteiger partial charge in [0.2, 0.25) is 11.8 Å². The maximum atomic E-state index is 12.5. The van der Waals surface area contributed by atoms with E-state index in [4.69, 9.17) is 5.73 Å². The molecule has 1 heterocycles. The Labute approximate surface area is 125 Å². The Bertz CT molecular complexity index is 504. The number of carbonyl (C=O) groups is 2. The van der Waals surface area contributed by atoms with E-state index < -0.39 is 12.1 Å². The Morgan fingerprint density at radius 2 is 2.10 bits per heavy atom. The van der Waals surface area contributed by atoms with E-state index in [1.54, 1.807) is 11.9 Å². The number of hydrogen-bond donors (Lipinski definition) is 1. The summed E-state index contributed by atoms with van der Waals surface area (Å²) >= 11 is 0. The summed E-state index contributed by atoms with van der Waals surface area (Å²) in [6, 6.07) is 8.62. The molecule has 1 aliphatic heterocycles. The number of nitrogens with two attached hydrogens (primary N) is 1. The third-order valence-electron chi connectivity index (χ3n) is 3.98. The molecule has 5 nitrogen and oxygen atoms in total. The SMILES string of the molecule is CCCC(N)C(=O)N(C)C1CCN(c2ccccc2)C1=O. The summed E-state index contributed by atoms with van der Waals surface area (Å²) in [5.74, 6) is -0.175. The number of anilines is 1. The average Bonchev–Trinajstić information content (AvgIpc) is 2.88. The van der Waals surface area contributed by atoms with Crippen molar-refractivity contribution in [2.24, 2.45) is 5.73 Å². The van der Waals surface area contributed by atoms with E-state index in [2.05, 4.69) is 0 Å². The Morgan fingerprint density at radius 3 is 2.71 bits per heavy atom. The van der Waals surface area contributed by atoms with E-state index in [0.29, 0.717) is 19.4 Å². The van der Waals surface area contributed by atoms with Crippen LogP contribution in [0.1, 0.15) is 26.2 Å². The Balaban J connectivity index is 2.06. The van der Waals surface area contributed by atoms with Crippen molar-refractivity contribution in [3.63, 3.8) is 0 Å². The summed E-state index contributed by atoms with van der Waals surface area (Å²) in [5.41, 5.74) is 6.75. The normalized spacial score (nSPS) is 19.7. The highest BCUT2D eigenvalue weighted by atomic mass is 16.2. The van der Waals surface area contributed by atoms with E-state index in [0.717, 1.165) is 12.1 Å². The molecule has 0 saturated carbocycles. The summed E-state index contributed by atoms with van der Waals surface area (Å²) in [6.45, 7) is 2.62. The molecule has 0 aliphatic carbocycles. The monoisotopic (exact) mass is 289 g/mol. The van der Waals surface area contributed by atoms with Gasteiger partial charge in [-0.25, -0.2) is 0 Å². The van der Waals surface area contributed by atoms with Crippen molar-refractivity contribution in [3.05, 3.63) is 30.3 Å². The molecule has 2 rings (SSSR count). The van der Waals surface area contributed by atoms with Gasteiger partial charge in [0, 0.05) is 19.3 Å². The lowest BCUT2D eigenvalue weighted by molar-refractivity contribution is -0.137. The van der Waals surface area contributed by atoms with E-state index >= 15 is 0 Å². The van der Waals surface area contributed by atoms with Gasteiger partial charge in [0.15, 0.2) is 0 Å². The second-order valence-corrected chi connectivity index (χ2v) is 5.47. The van der Waals surface area contributed by atoms with Gasteiger partial charge in [-0.2, -0.15) is 0 Å². The van der Waals surface area contributed by atoms with Gasteiger partial charge in [0.25, 0.3) is 0 Å². The predicted octanol–water partition coefficient (Wildman–Crippen LogP) is 1.38. The van der Waals surface area contributed by atoms with E-state index in [1.807, 2.05) is 37.3 Å². The van der Waals surface area contributed by atoms with Crippen LogP contribution in [-0.2, 0) is 9.59 Å². The van der Waals surface area contributed by atoms with Crippen LogP contribution in [0, 0.1) is 0 Å². The van der Waals surface area contributed by atoms with Gasteiger partial charge in [-0.1, -0.05) is 31.5 Å². The third kappa shape index (κ3) is 3.24. The van der Waals surface area contributed by atoms with Crippen molar-refractivity contribution in [3.8, 4) is 0 Å². The number of benzene rings is 1. The molecule has 1 fully saturated rings. The summed E-state index contributed by atoms with van der Waals surface area (Å²) < 4.78 is 0. The quantitative estimate of drug-likeness (QED) is 0.890. The molecular formula is C16H23N3O2. The maximum Gasteiger partial charge on any atom is 0.249 e. The highest BCUT2D eigenvalue weighted by molar-refractivity contribution is 6.01. The number of carbonyl (C=O) groups excluding carboxylic acids is 2. The van der Waals surface area contributed by atoms with Crippen molar-refractivity contribution < 1.29 is 9.59 Å². The number of rotatable bonds is 5. The molecule has 0 bridgehead atoms. The molecule has 21 heavy (non-hydrogen) atoms. The molecule has 1 aliphatic rings. The fraction of sp³-hybridized carbons (Fsp3) is 0.500. The second-order valence-electron chi connectivity index (χ2n) is 5.47. The van der Waals surface area contributed by atoms with Crippen LogP contribution in [0.4, 0.5) is 5.69 Å². The average molecular weight is 289 g/mol. The lowest BCUT2D eigenvalue weighted by Gasteiger charge is -2.26. The van der Waals surface area contributed by atoms with Crippen molar-refractivity contribution in [1.82, 2.24) is 4.90 Å². The van der Waals surface area contributed by atoms with Crippen molar-refractivity contribution in [1.29, 1.82) is 0 Å². The standard InChI is InChI=1S/C16H23N3O2/c1-3-7-13(17)15(20)18(2)14-10-11-19(16(14)21)12-8-5-4-6-9-12/h4-6,8-9,13-14H,3,7,10-11,17H2,1-2H3. The van der Waals surface area contributed by atoms with Gasteiger partial charge >= 0.3 is 0 Å². The first kappa shape index (κ1) is 15.5. The fourth-order valence-electron chi connectivity index (χ4n) is 2.74. The number of likely N-dealkylation sites (N-methyl/N-ethyl adjacent to an activating group) is 1. The van der Waals surface area contributed by atoms with E-state index in [9.17, 15) is 9.59 Å². The highest BCUT2D eigenvalue weighted by Gasteiger charge is 2.37. The van der Waals surface area contributed by atoms with Gasteiger partial charge in [0.05, 0.1) is 6.04 Å². The van der Waals surface area contributed by atoms with Crippen molar-refractivity contribution >= 4 is 17.5 Å². The molecular weight excluding hydrogens is 266 g/mol. The Morgan fingerprint density at radius 1 is 1.43 bits per heavy atom. The van der Waals surface area contributed by atoms with Gasteiger partial charge in [-0.3, -0.25) is 9.59 Å². The molecule has 0 spiro atoms. The van der Waals surface area contributed by atoms with Crippen LogP contribution in [-0.4, -0.2) is 42.4 Å². The molecule has 5 heteroatoms. The topological polar surface area (TPSA) is 66.6 Å². The van der Waals surface area contributed by atoms with Crippen LogP contribution >= 0.6 is 0 Å². The minimum absolute atomic E-state index is 0.0271. The highest BCUT2D eigenvalue weighted by Crippen LogP contribution is 2.24. The van der Waals surface area contributed by atoms with Crippen LogP contribution in [0.3, 0.4) is 0 Å². The first-order valence-electron chi connectivity index (χ1n) is 7.45. The zero-order valence-corrected chi connectivity index (χ0v) is 12.7. The predicted molar refractivity (Wildman–Crippen MR) is 82.9 cm³/mol. The van der Waals surface area contributed by atoms with Crippen LogP contribution in [0.25, 0.3) is 0 Å². The Kier molecular flexibility index (Phi) is 4.96.